The van der Waals surface area contributed by atoms with E-state index in [0.717, 1.165) is 42.6 Å². The molecule has 0 radical (unpaired) electrons. The number of aromatic nitrogens is 2. The van der Waals surface area contributed by atoms with E-state index in [-0.39, 0.29) is 11.9 Å². The van der Waals surface area contributed by atoms with E-state index in [2.05, 4.69) is 39.7 Å². The van der Waals surface area contributed by atoms with E-state index in [0.29, 0.717) is 0 Å². The molecule has 2 aromatic rings. The predicted octanol–water partition coefficient (Wildman–Crippen LogP) is 2.76. The van der Waals surface area contributed by atoms with Gasteiger partial charge in [0.25, 0.3) is 5.91 Å². The maximum Gasteiger partial charge on any atom is 0.266 e. The van der Waals surface area contributed by atoms with Gasteiger partial charge in [0.2, 0.25) is 0 Å². The summed E-state index contributed by atoms with van der Waals surface area (Å²) in [6.45, 7) is 6.94. The van der Waals surface area contributed by atoms with Crippen LogP contribution in [0.15, 0.2) is 24.5 Å². The van der Waals surface area contributed by atoms with Gasteiger partial charge in [0.1, 0.15) is 9.88 Å². The molecule has 0 spiro atoms. The SMILES string of the molecule is CC1c2cccn2CCN1C(=O)c1cnc(CN2CCCC2)s1. The highest BCUT2D eigenvalue weighted by Crippen LogP contribution is 2.28. The second-order valence-electron chi connectivity index (χ2n) is 6.40. The van der Waals surface area contributed by atoms with Gasteiger partial charge in [0.15, 0.2) is 0 Å². The molecule has 1 saturated heterocycles. The molecule has 0 saturated carbocycles. The number of thiazole rings is 1. The molecule has 0 bridgehead atoms. The minimum atomic E-state index is 0.120. The van der Waals surface area contributed by atoms with Crippen molar-refractivity contribution >= 4 is 17.2 Å². The summed E-state index contributed by atoms with van der Waals surface area (Å²) in [5.74, 6) is 0.120. The lowest BCUT2D eigenvalue weighted by molar-refractivity contribution is 0.0649. The first-order valence-electron chi connectivity index (χ1n) is 8.35. The van der Waals surface area contributed by atoms with Crippen LogP contribution in [-0.2, 0) is 13.1 Å². The summed E-state index contributed by atoms with van der Waals surface area (Å²) in [6, 6.07) is 4.28. The van der Waals surface area contributed by atoms with Crippen LogP contribution in [0.5, 0.6) is 0 Å². The molecule has 122 valence electrons. The molecule has 1 fully saturated rings. The molecular formula is C17H22N4OS. The Morgan fingerprint density at radius 2 is 2.13 bits per heavy atom. The first-order chi connectivity index (χ1) is 11.2. The zero-order valence-electron chi connectivity index (χ0n) is 13.4. The zero-order valence-corrected chi connectivity index (χ0v) is 14.3. The van der Waals surface area contributed by atoms with Gasteiger partial charge >= 0.3 is 0 Å². The Morgan fingerprint density at radius 1 is 1.30 bits per heavy atom. The highest BCUT2D eigenvalue weighted by Gasteiger charge is 2.29. The standard InChI is InChI=1S/C17H22N4OS/c1-13-14-5-4-8-20(14)9-10-21(13)17(22)15-11-18-16(23-15)12-19-6-2-3-7-19/h4-5,8,11,13H,2-3,6-7,9-10,12H2,1H3. The van der Waals surface area contributed by atoms with Crippen molar-refractivity contribution in [2.24, 2.45) is 0 Å². The Bertz CT molecular complexity index is 701. The fourth-order valence-corrected chi connectivity index (χ4v) is 4.53. The number of hydrogen-bond acceptors (Lipinski definition) is 4. The van der Waals surface area contributed by atoms with Gasteiger partial charge in [0.05, 0.1) is 18.8 Å². The van der Waals surface area contributed by atoms with Crippen molar-refractivity contribution in [1.82, 2.24) is 19.4 Å². The van der Waals surface area contributed by atoms with Crippen LogP contribution in [0.1, 0.15) is 46.2 Å². The summed E-state index contributed by atoms with van der Waals surface area (Å²) in [6.07, 6.45) is 6.41. The van der Waals surface area contributed by atoms with Crippen LogP contribution < -0.4 is 0 Å². The van der Waals surface area contributed by atoms with Crippen molar-refractivity contribution in [1.29, 1.82) is 0 Å². The molecule has 1 unspecified atom stereocenters. The van der Waals surface area contributed by atoms with Crippen LogP contribution in [0, 0.1) is 0 Å². The third-order valence-corrected chi connectivity index (χ3v) is 5.89. The molecule has 2 aromatic heterocycles. The number of likely N-dealkylation sites (tertiary alicyclic amines) is 1. The van der Waals surface area contributed by atoms with E-state index in [9.17, 15) is 4.79 Å². The Kier molecular flexibility index (Phi) is 3.95. The first kappa shape index (κ1) is 14.9. The average Bonchev–Trinajstić information content (AvgIpc) is 3.29. The van der Waals surface area contributed by atoms with Crippen molar-refractivity contribution < 1.29 is 4.79 Å². The second kappa shape index (κ2) is 6.09. The van der Waals surface area contributed by atoms with Gasteiger partial charge in [-0.15, -0.1) is 11.3 Å². The number of rotatable bonds is 3. The number of amides is 1. The number of carbonyl (C=O) groups excluding carboxylic acids is 1. The fraction of sp³-hybridized carbons (Fsp3) is 0.529. The lowest BCUT2D eigenvalue weighted by Crippen LogP contribution is -2.40. The molecule has 2 aliphatic rings. The number of hydrogen-bond donors (Lipinski definition) is 0. The summed E-state index contributed by atoms with van der Waals surface area (Å²) in [4.78, 5) is 22.5. The average molecular weight is 330 g/mol. The Balaban J connectivity index is 1.48. The van der Waals surface area contributed by atoms with E-state index in [1.54, 1.807) is 17.5 Å². The number of carbonyl (C=O) groups is 1. The van der Waals surface area contributed by atoms with Crippen molar-refractivity contribution in [3.05, 3.63) is 40.1 Å². The van der Waals surface area contributed by atoms with Gasteiger partial charge in [-0.3, -0.25) is 9.69 Å². The molecule has 0 aromatic carbocycles. The van der Waals surface area contributed by atoms with Crippen LogP contribution in [0.4, 0.5) is 0 Å². The normalized spacial score (nSPS) is 21.6. The third-order valence-electron chi connectivity index (χ3n) is 4.92. The van der Waals surface area contributed by atoms with Gasteiger partial charge in [-0.25, -0.2) is 4.98 Å². The minimum Gasteiger partial charge on any atom is -0.348 e. The van der Waals surface area contributed by atoms with E-state index >= 15 is 0 Å². The van der Waals surface area contributed by atoms with Crippen molar-refractivity contribution in [3.8, 4) is 0 Å². The molecule has 5 nitrogen and oxygen atoms in total. The van der Waals surface area contributed by atoms with Crippen molar-refractivity contribution in [3.63, 3.8) is 0 Å². The molecule has 23 heavy (non-hydrogen) atoms. The van der Waals surface area contributed by atoms with Gasteiger partial charge in [-0.1, -0.05) is 0 Å². The van der Waals surface area contributed by atoms with Crippen LogP contribution in [0.25, 0.3) is 0 Å². The van der Waals surface area contributed by atoms with Crippen molar-refractivity contribution in [2.75, 3.05) is 19.6 Å². The maximum absolute atomic E-state index is 12.9. The topological polar surface area (TPSA) is 41.4 Å². The fourth-order valence-electron chi connectivity index (χ4n) is 3.61. The lowest BCUT2D eigenvalue weighted by Gasteiger charge is -2.34. The Labute approximate surface area is 140 Å². The Hall–Kier alpha value is -1.66. The van der Waals surface area contributed by atoms with E-state index in [1.807, 2.05) is 4.90 Å². The monoisotopic (exact) mass is 330 g/mol. The van der Waals surface area contributed by atoms with Crippen LogP contribution in [-0.4, -0.2) is 44.9 Å². The molecular weight excluding hydrogens is 308 g/mol. The molecule has 1 atom stereocenters. The zero-order chi connectivity index (χ0) is 15.8. The van der Waals surface area contributed by atoms with E-state index < -0.39 is 0 Å². The van der Waals surface area contributed by atoms with E-state index in [1.165, 1.54) is 18.5 Å². The smallest absolute Gasteiger partial charge is 0.266 e. The summed E-state index contributed by atoms with van der Waals surface area (Å²) in [7, 11) is 0. The van der Waals surface area contributed by atoms with Crippen LogP contribution >= 0.6 is 11.3 Å². The molecule has 6 heteroatoms. The predicted molar refractivity (Wildman–Crippen MR) is 90.5 cm³/mol. The van der Waals surface area contributed by atoms with Gasteiger partial charge in [-0.05, 0) is 45.0 Å². The molecule has 4 rings (SSSR count). The summed E-state index contributed by atoms with van der Waals surface area (Å²) < 4.78 is 2.24. The van der Waals surface area contributed by atoms with Crippen LogP contribution in [0.3, 0.4) is 0 Å². The van der Waals surface area contributed by atoms with Gasteiger partial charge < -0.3 is 9.47 Å². The highest BCUT2D eigenvalue weighted by atomic mass is 32.1. The minimum absolute atomic E-state index is 0.120. The summed E-state index contributed by atoms with van der Waals surface area (Å²) >= 11 is 1.56. The second-order valence-corrected chi connectivity index (χ2v) is 7.52. The van der Waals surface area contributed by atoms with Gasteiger partial charge in [-0.2, -0.15) is 0 Å². The number of nitrogens with zero attached hydrogens (tertiary/aromatic N) is 4. The third kappa shape index (κ3) is 2.81. The highest BCUT2D eigenvalue weighted by molar-refractivity contribution is 7.13. The molecule has 2 aliphatic heterocycles. The first-order valence-corrected chi connectivity index (χ1v) is 9.17. The van der Waals surface area contributed by atoms with Crippen LogP contribution in [0.2, 0.25) is 0 Å². The maximum atomic E-state index is 12.9. The lowest BCUT2D eigenvalue weighted by atomic mass is 10.1. The molecule has 4 heterocycles. The number of fused-ring (bicyclic) bond motifs is 1. The summed E-state index contributed by atoms with van der Waals surface area (Å²) in [5, 5.41) is 1.06. The van der Waals surface area contributed by atoms with E-state index in [4.69, 9.17) is 0 Å². The largest absolute Gasteiger partial charge is 0.348 e. The van der Waals surface area contributed by atoms with Crippen molar-refractivity contribution in [2.45, 2.75) is 38.9 Å². The molecule has 0 aliphatic carbocycles. The molecule has 0 N–H and O–H groups in total. The summed E-state index contributed by atoms with van der Waals surface area (Å²) in [5.41, 5.74) is 1.21. The molecule has 1 amide bonds. The quantitative estimate of drug-likeness (QED) is 0.869. The van der Waals surface area contributed by atoms with Gasteiger partial charge in [0, 0.05) is 25.0 Å². The Morgan fingerprint density at radius 3 is 2.96 bits per heavy atom.